The zero-order valence-corrected chi connectivity index (χ0v) is 13.7. The Hall–Kier alpha value is -3.22. The van der Waals surface area contributed by atoms with Crippen molar-refractivity contribution in [2.24, 2.45) is 0 Å². The van der Waals surface area contributed by atoms with Crippen molar-refractivity contribution in [2.75, 3.05) is 6.61 Å². The smallest absolute Gasteiger partial charge is 0.225 e. The summed E-state index contributed by atoms with van der Waals surface area (Å²) < 4.78 is 7.24. The molecule has 2 aromatic carbocycles. The molecule has 7 heteroatoms. The number of tetrazole rings is 1. The number of amides is 1. The highest BCUT2D eigenvalue weighted by molar-refractivity contribution is 5.79. The standard InChI is InChI=1S/C18H17N5O2/c1-12-20-21-22-23(12)14-8-6-13(7-9-14)10-18(24)19-16-11-25-17-5-3-2-4-15(16)17/h2-9,16H,10-11H2,1H3,(H,19,24)/t16-/m1/s1. The maximum Gasteiger partial charge on any atom is 0.225 e. The lowest BCUT2D eigenvalue weighted by Crippen LogP contribution is -2.30. The van der Waals surface area contributed by atoms with Gasteiger partial charge in [-0.2, -0.15) is 4.68 Å². The zero-order chi connectivity index (χ0) is 17.2. The first kappa shape index (κ1) is 15.3. The minimum atomic E-state index is -0.0909. The van der Waals surface area contributed by atoms with E-state index in [-0.39, 0.29) is 11.9 Å². The van der Waals surface area contributed by atoms with E-state index in [0.29, 0.717) is 18.9 Å². The molecule has 2 heterocycles. The summed E-state index contributed by atoms with van der Waals surface area (Å²) in [6.45, 7) is 2.31. The van der Waals surface area contributed by atoms with Crippen molar-refractivity contribution in [3.63, 3.8) is 0 Å². The molecular weight excluding hydrogens is 318 g/mol. The highest BCUT2D eigenvalue weighted by Gasteiger charge is 2.24. The number of nitrogens with zero attached hydrogens (tertiary/aromatic N) is 4. The molecule has 1 atom stereocenters. The molecule has 0 fully saturated rings. The molecular formula is C18H17N5O2. The van der Waals surface area contributed by atoms with Gasteiger partial charge >= 0.3 is 0 Å². The first-order chi connectivity index (χ1) is 12.2. The van der Waals surface area contributed by atoms with Crippen LogP contribution >= 0.6 is 0 Å². The lowest BCUT2D eigenvalue weighted by atomic mass is 10.1. The summed E-state index contributed by atoms with van der Waals surface area (Å²) in [6.07, 6.45) is 0.313. The fraction of sp³-hybridized carbons (Fsp3) is 0.222. The molecule has 1 aliphatic heterocycles. The third-order valence-electron chi connectivity index (χ3n) is 4.21. The number of fused-ring (bicyclic) bond motifs is 1. The number of aryl methyl sites for hydroxylation is 1. The topological polar surface area (TPSA) is 81.9 Å². The van der Waals surface area contributed by atoms with Crippen molar-refractivity contribution in [1.29, 1.82) is 0 Å². The zero-order valence-electron chi connectivity index (χ0n) is 13.7. The Labute approximate surface area is 144 Å². The van der Waals surface area contributed by atoms with Crippen LogP contribution in [-0.4, -0.2) is 32.7 Å². The monoisotopic (exact) mass is 335 g/mol. The number of ether oxygens (including phenoxy) is 1. The molecule has 0 bridgehead atoms. The summed E-state index contributed by atoms with van der Waals surface area (Å²) in [5.74, 6) is 1.52. The summed E-state index contributed by atoms with van der Waals surface area (Å²) in [7, 11) is 0. The van der Waals surface area contributed by atoms with E-state index in [2.05, 4.69) is 20.8 Å². The van der Waals surface area contributed by atoms with E-state index in [1.165, 1.54) is 0 Å². The van der Waals surface area contributed by atoms with Crippen LogP contribution in [-0.2, 0) is 11.2 Å². The fourth-order valence-corrected chi connectivity index (χ4v) is 2.94. The van der Waals surface area contributed by atoms with Gasteiger partial charge in [-0.05, 0) is 41.1 Å². The van der Waals surface area contributed by atoms with Gasteiger partial charge < -0.3 is 10.1 Å². The lowest BCUT2D eigenvalue weighted by molar-refractivity contribution is -0.121. The van der Waals surface area contributed by atoms with Crippen molar-refractivity contribution < 1.29 is 9.53 Å². The van der Waals surface area contributed by atoms with Crippen molar-refractivity contribution >= 4 is 5.91 Å². The molecule has 0 unspecified atom stereocenters. The minimum absolute atomic E-state index is 0.0309. The fourth-order valence-electron chi connectivity index (χ4n) is 2.94. The number of carbonyl (C=O) groups excluding carboxylic acids is 1. The maximum absolute atomic E-state index is 12.3. The van der Waals surface area contributed by atoms with Crippen LogP contribution in [0.3, 0.4) is 0 Å². The molecule has 1 aromatic heterocycles. The highest BCUT2D eigenvalue weighted by Crippen LogP contribution is 2.31. The van der Waals surface area contributed by atoms with Gasteiger partial charge in [0, 0.05) is 5.56 Å². The van der Waals surface area contributed by atoms with Crippen molar-refractivity contribution in [1.82, 2.24) is 25.5 Å². The number of nitrogens with one attached hydrogen (secondary N) is 1. The molecule has 126 valence electrons. The molecule has 4 rings (SSSR count). The average molecular weight is 335 g/mol. The largest absolute Gasteiger partial charge is 0.491 e. The molecule has 1 N–H and O–H groups in total. The Morgan fingerprint density at radius 3 is 2.80 bits per heavy atom. The van der Waals surface area contributed by atoms with Crippen molar-refractivity contribution in [3.8, 4) is 11.4 Å². The summed E-state index contributed by atoms with van der Waals surface area (Å²) in [5, 5.41) is 14.5. The lowest BCUT2D eigenvalue weighted by Gasteiger charge is -2.12. The number of carbonyl (C=O) groups is 1. The van der Waals surface area contributed by atoms with E-state index in [1.807, 2.05) is 55.5 Å². The number of benzene rings is 2. The van der Waals surface area contributed by atoms with Crippen LogP contribution < -0.4 is 10.1 Å². The number of rotatable bonds is 4. The second-order valence-corrected chi connectivity index (χ2v) is 5.95. The summed E-state index contributed by atoms with van der Waals surface area (Å²) in [5.41, 5.74) is 2.82. The molecule has 3 aromatic rings. The third kappa shape index (κ3) is 3.08. The van der Waals surface area contributed by atoms with Gasteiger partial charge in [-0.3, -0.25) is 4.79 Å². The Bertz CT molecular complexity index is 904. The van der Waals surface area contributed by atoms with E-state index in [4.69, 9.17) is 4.74 Å². The minimum Gasteiger partial charge on any atom is -0.491 e. The van der Waals surface area contributed by atoms with Crippen LogP contribution in [0.4, 0.5) is 0 Å². The van der Waals surface area contributed by atoms with Gasteiger partial charge in [0.05, 0.1) is 18.2 Å². The van der Waals surface area contributed by atoms with Crippen LogP contribution in [0.2, 0.25) is 0 Å². The number of para-hydroxylation sites is 1. The van der Waals surface area contributed by atoms with Crippen LogP contribution in [0.25, 0.3) is 5.69 Å². The van der Waals surface area contributed by atoms with Gasteiger partial charge in [-0.15, -0.1) is 5.10 Å². The summed E-state index contributed by atoms with van der Waals surface area (Å²) in [4.78, 5) is 12.3. The van der Waals surface area contributed by atoms with Crippen LogP contribution in [0.15, 0.2) is 48.5 Å². The Kier molecular flexibility index (Phi) is 3.89. The third-order valence-corrected chi connectivity index (χ3v) is 4.21. The van der Waals surface area contributed by atoms with Crippen molar-refractivity contribution in [3.05, 3.63) is 65.5 Å². The molecule has 7 nitrogen and oxygen atoms in total. The SMILES string of the molecule is Cc1nnnn1-c1ccc(CC(=O)N[C@@H]2COc3ccccc32)cc1. The second kappa shape index (κ2) is 6.35. The summed E-state index contributed by atoms with van der Waals surface area (Å²) >= 11 is 0. The molecule has 25 heavy (non-hydrogen) atoms. The average Bonchev–Trinajstić information content (AvgIpc) is 3.22. The van der Waals surface area contributed by atoms with Gasteiger partial charge in [-0.25, -0.2) is 0 Å². The van der Waals surface area contributed by atoms with Gasteiger partial charge in [0.2, 0.25) is 5.91 Å². The second-order valence-electron chi connectivity index (χ2n) is 5.95. The van der Waals surface area contributed by atoms with E-state index >= 15 is 0 Å². The number of hydrogen-bond donors (Lipinski definition) is 1. The normalized spacial score (nSPS) is 15.5. The molecule has 0 aliphatic carbocycles. The molecule has 0 saturated heterocycles. The van der Waals surface area contributed by atoms with Crippen LogP contribution in [0, 0.1) is 6.92 Å². The molecule has 0 saturated carbocycles. The summed E-state index contributed by atoms with van der Waals surface area (Å²) in [6, 6.07) is 15.3. The predicted molar refractivity (Wildman–Crippen MR) is 90.4 cm³/mol. The Morgan fingerprint density at radius 1 is 1.24 bits per heavy atom. The maximum atomic E-state index is 12.3. The van der Waals surface area contributed by atoms with Gasteiger partial charge in [-0.1, -0.05) is 30.3 Å². The van der Waals surface area contributed by atoms with Gasteiger partial charge in [0.15, 0.2) is 5.82 Å². The predicted octanol–water partition coefficient (Wildman–Crippen LogP) is 1.76. The number of hydrogen-bond acceptors (Lipinski definition) is 5. The van der Waals surface area contributed by atoms with Gasteiger partial charge in [0.1, 0.15) is 12.4 Å². The molecule has 1 amide bonds. The molecule has 0 spiro atoms. The quantitative estimate of drug-likeness (QED) is 0.786. The number of aromatic nitrogens is 4. The first-order valence-electron chi connectivity index (χ1n) is 8.06. The molecule has 1 aliphatic rings. The molecule has 0 radical (unpaired) electrons. The highest BCUT2D eigenvalue weighted by atomic mass is 16.5. The van der Waals surface area contributed by atoms with Crippen LogP contribution in [0.1, 0.15) is 23.0 Å². The van der Waals surface area contributed by atoms with Crippen molar-refractivity contribution in [2.45, 2.75) is 19.4 Å². The first-order valence-corrected chi connectivity index (χ1v) is 8.06. The van der Waals surface area contributed by atoms with Gasteiger partial charge in [0.25, 0.3) is 0 Å². The van der Waals surface area contributed by atoms with E-state index in [0.717, 1.165) is 22.6 Å². The van der Waals surface area contributed by atoms with E-state index in [1.54, 1.807) is 4.68 Å². The Balaban J connectivity index is 1.41. The van der Waals surface area contributed by atoms with Crippen LogP contribution in [0.5, 0.6) is 5.75 Å². The van der Waals surface area contributed by atoms with E-state index < -0.39 is 0 Å². The Morgan fingerprint density at radius 2 is 2.04 bits per heavy atom. The van der Waals surface area contributed by atoms with E-state index in [9.17, 15) is 4.79 Å².